The Balaban J connectivity index is 2.60. The number of hydrogen-bond donors (Lipinski definition) is 1. The van der Waals surface area contributed by atoms with Crippen molar-refractivity contribution in [1.82, 2.24) is 0 Å². The van der Waals surface area contributed by atoms with Gasteiger partial charge in [0, 0.05) is 18.8 Å². The van der Waals surface area contributed by atoms with Crippen molar-refractivity contribution >= 4 is 32.8 Å². The molecular weight excluding hydrogens is 412 g/mol. The highest BCUT2D eigenvalue weighted by Gasteiger charge is 2.14. The third-order valence-electron chi connectivity index (χ3n) is 4.70. The lowest BCUT2D eigenvalue weighted by molar-refractivity contribution is 0.607. The van der Waals surface area contributed by atoms with Gasteiger partial charge in [-0.3, -0.25) is 4.72 Å². The van der Waals surface area contributed by atoms with Crippen LogP contribution in [0.1, 0.15) is 50.3 Å². The summed E-state index contributed by atoms with van der Waals surface area (Å²) in [6.45, 7) is 9.48. The van der Waals surface area contributed by atoms with Crippen LogP contribution in [0.25, 0.3) is 0 Å². The molecule has 8 nitrogen and oxygen atoms in total. The number of benzene rings is 2. The minimum atomic E-state index is -3.55. The van der Waals surface area contributed by atoms with Gasteiger partial charge < -0.3 is 4.90 Å². The van der Waals surface area contributed by atoms with E-state index in [4.69, 9.17) is 0 Å². The number of nitrogens with zero attached hydrogens (tertiary/aromatic N) is 5. The Kier molecular flexibility index (Phi) is 7.73. The highest BCUT2D eigenvalue weighted by molar-refractivity contribution is 7.92. The van der Waals surface area contributed by atoms with Crippen molar-refractivity contribution in [2.75, 3.05) is 29.0 Å². The SMILES string of the molecule is CCN(CC)c1ccc(/N=N/c2c(C#N)cc(C(C)C)cc2C#N)c(NS(C)(=O)=O)c1. The Morgan fingerprint density at radius 1 is 1.03 bits per heavy atom. The molecule has 162 valence electrons. The highest BCUT2D eigenvalue weighted by atomic mass is 32.2. The van der Waals surface area contributed by atoms with E-state index in [2.05, 4.69) is 32.0 Å². The Morgan fingerprint density at radius 3 is 2.06 bits per heavy atom. The molecule has 31 heavy (non-hydrogen) atoms. The lowest BCUT2D eigenvalue weighted by Gasteiger charge is -2.22. The molecule has 0 fully saturated rings. The van der Waals surface area contributed by atoms with Crippen molar-refractivity contribution in [2.24, 2.45) is 10.2 Å². The van der Waals surface area contributed by atoms with Gasteiger partial charge in [0.1, 0.15) is 23.5 Å². The first-order valence-corrected chi connectivity index (χ1v) is 11.8. The maximum absolute atomic E-state index is 11.9. The summed E-state index contributed by atoms with van der Waals surface area (Å²) < 4.78 is 26.2. The highest BCUT2D eigenvalue weighted by Crippen LogP contribution is 2.34. The molecule has 0 heterocycles. The maximum atomic E-state index is 11.9. The van der Waals surface area contributed by atoms with Gasteiger partial charge in [-0.25, -0.2) is 8.42 Å². The number of rotatable bonds is 8. The lowest BCUT2D eigenvalue weighted by atomic mass is 9.97. The van der Waals surface area contributed by atoms with Crippen LogP contribution in [0.2, 0.25) is 0 Å². The molecule has 0 aliphatic heterocycles. The Morgan fingerprint density at radius 2 is 1.61 bits per heavy atom. The van der Waals surface area contributed by atoms with Gasteiger partial charge in [0.2, 0.25) is 10.0 Å². The first-order valence-electron chi connectivity index (χ1n) is 9.90. The zero-order valence-corrected chi connectivity index (χ0v) is 19.2. The van der Waals surface area contributed by atoms with Crippen LogP contribution in [-0.4, -0.2) is 27.8 Å². The topological polar surface area (TPSA) is 122 Å². The van der Waals surface area contributed by atoms with Crippen molar-refractivity contribution in [3.63, 3.8) is 0 Å². The summed E-state index contributed by atoms with van der Waals surface area (Å²) in [7, 11) is -3.55. The van der Waals surface area contributed by atoms with Crippen molar-refractivity contribution in [1.29, 1.82) is 10.5 Å². The minimum absolute atomic E-state index is 0.142. The molecule has 0 aliphatic rings. The number of anilines is 2. The normalized spacial score (nSPS) is 11.4. The molecule has 0 saturated heterocycles. The summed E-state index contributed by atoms with van der Waals surface area (Å²) >= 11 is 0. The second-order valence-corrected chi connectivity index (χ2v) is 9.04. The quantitative estimate of drug-likeness (QED) is 0.569. The monoisotopic (exact) mass is 438 g/mol. The standard InChI is InChI=1S/C22H26N6O2S/c1-6-28(7-2)19-8-9-20(21(12-19)27-31(5,29)30)25-26-22-17(13-23)10-16(15(3)4)11-18(22)14-24/h8-12,15,27H,6-7H2,1-5H3/b26-25+. The van der Waals surface area contributed by atoms with Crippen LogP contribution in [0.3, 0.4) is 0 Å². The van der Waals surface area contributed by atoms with Crippen LogP contribution in [0.15, 0.2) is 40.6 Å². The molecule has 0 aliphatic carbocycles. The van der Waals surface area contributed by atoms with E-state index in [1.165, 1.54) is 0 Å². The Bertz CT molecular complexity index is 1130. The molecule has 2 aromatic rings. The van der Waals surface area contributed by atoms with E-state index in [1.54, 1.807) is 24.3 Å². The number of nitrogens with one attached hydrogen (secondary N) is 1. The third-order valence-corrected chi connectivity index (χ3v) is 5.29. The van der Waals surface area contributed by atoms with Gasteiger partial charge in [0.05, 0.1) is 23.1 Å². The summed E-state index contributed by atoms with van der Waals surface area (Å²) in [5.41, 5.74) is 2.88. The molecule has 0 bridgehead atoms. The third kappa shape index (κ3) is 6.03. The average Bonchev–Trinajstić information content (AvgIpc) is 2.72. The smallest absolute Gasteiger partial charge is 0.229 e. The molecule has 9 heteroatoms. The van der Waals surface area contributed by atoms with Crippen molar-refractivity contribution < 1.29 is 8.42 Å². The number of azo groups is 1. The van der Waals surface area contributed by atoms with Crippen LogP contribution in [-0.2, 0) is 10.0 Å². The van der Waals surface area contributed by atoms with E-state index in [-0.39, 0.29) is 34.1 Å². The van der Waals surface area contributed by atoms with Crippen molar-refractivity contribution in [3.05, 3.63) is 47.0 Å². The average molecular weight is 439 g/mol. The van der Waals surface area contributed by atoms with E-state index in [1.807, 2.05) is 33.8 Å². The fraction of sp³-hybridized carbons (Fsp3) is 0.364. The summed E-state index contributed by atoms with van der Waals surface area (Å²) in [5.74, 6) is 0.142. The molecule has 0 aromatic heterocycles. The molecule has 0 saturated carbocycles. The van der Waals surface area contributed by atoms with Gasteiger partial charge in [-0.05, 0) is 55.7 Å². The van der Waals surface area contributed by atoms with E-state index < -0.39 is 10.0 Å². The Hall–Kier alpha value is -3.43. The largest absolute Gasteiger partial charge is 0.372 e. The number of nitriles is 2. The summed E-state index contributed by atoms with van der Waals surface area (Å²) in [6.07, 6.45) is 1.06. The van der Waals surface area contributed by atoms with Crippen LogP contribution in [0.5, 0.6) is 0 Å². The second kappa shape index (κ2) is 10.1. The van der Waals surface area contributed by atoms with Gasteiger partial charge in [-0.2, -0.15) is 10.5 Å². The first-order chi connectivity index (χ1) is 14.6. The maximum Gasteiger partial charge on any atom is 0.229 e. The molecule has 0 unspecified atom stereocenters. The Labute approximate surface area is 183 Å². The summed E-state index contributed by atoms with van der Waals surface area (Å²) in [6, 6.07) is 12.7. The predicted molar refractivity (Wildman–Crippen MR) is 123 cm³/mol. The molecule has 1 N–H and O–H groups in total. The number of sulfonamides is 1. The van der Waals surface area contributed by atoms with Crippen LogP contribution in [0.4, 0.5) is 22.7 Å². The molecule has 2 rings (SSSR count). The second-order valence-electron chi connectivity index (χ2n) is 7.29. The van der Waals surface area contributed by atoms with Gasteiger partial charge in [0.25, 0.3) is 0 Å². The summed E-state index contributed by atoms with van der Waals surface area (Å²) in [4.78, 5) is 2.07. The zero-order valence-electron chi connectivity index (χ0n) is 18.3. The number of hydrogen-bond acceptors (Lipinski definition) is 7. The van der Waals surface area contributed by atoms with E-state index in [0.717, 1.165) is 30.6 Å². The summed E-state index contributed by atoms with van der Waals surface area (Å²) in [5, 5.41) is 27.4. The molecule has 0 radical (unpaired) electrons. The molecule has 2 aromatic carbocycles. The predicted octanol–water partition coefficient (Wildman–Crippen LogP) is 5.19. The van der Waals surface area contributed by atoms with E-state index >= 15 is 0 Å². The van der Waals surface area contributed by atoms with Crippen molar-refractivity contribution in [2.45, 2.75) is 33.6 Å². The molecule has 0 spiro atoms. The molecular formula is C22H26N6O2S. The zero-order chi connectivity index (χ0) is 23.2. The van der Waals surface area contributed by atoms with Gasteiger partial charge in [-0.15, -0.1) is 10.2 Å². The van der Waals surface area contributed by atoms with E-state index in [9.17, 15) is 18.9 Å². The van der Waals surface area contributed by atoms with Gasteiger partial charge >= 0.3 is 0 Å². The molecule has 0 amide bonds. The lowest BCUT2D eigenvalue weighted by Crippen LogP contribution is -2.22. The molecule has 0 atom stereocenters. The van der Waals surface area contributed by atoms with Crippen LogP contribution >= 0.6 is 0 Å². The van der Waals surface area contributed by atoms with Crippen molar-refractivity contribution in [3.8, 4) is 12.1 Å². The fourth-order valence-electron chi connectivity index (χ4n) is 3.05. The fourth-order valence-corrected chi connectivity index (χ4v) is 3.61. The van der Waals surface area contributed by atoms with E-state index in [0.29, 0.717) is 0 Å². The van der Waals surface area contributed by atoms with Crippen LogP contribution in [0, 0.1) is 22.7 Å². The van der Waals surface area contributed by atoms with Gasteiger partial charge in [-0.1, -0.05) is 13.8 Å². The van der Waals surface area contributed by atoms with Gasteiger partial charge in [0.15, 0.2) is 0 Å². The minimum Gasteiger partial charge on any atom is -0.372 e. The first kappa shape index (κ1) is 23.8. The van der Waals surface area contributed by atoms with Crippen LogP contribution < -0.4 is 9.62 Å².